The van der Waals surface area contributed by atoms with Crippen LogP contribution in [0.1, 0.15) is 0 Å². The second kappa shape index (κ2) is 8.77. The van der Waals surface area contributed by atoms with E-state index in [4.69, 9.17) is 0 Å². The highest BCUT2D eigenvalue weighted by molar-refractivity contribution is 5.92. The average Bonchev–Trinajstić information content (AvgIpc) is 3.25. The maximum absolute atomic E-state index is 13.8. The summed E-state index contributed by atoms with van der Waals surface area (Å²) in [6, 6.07) is 8.73. The van der Waals surface area contributed by atoms with Gasteiger partial charge >= 0.3 is 0 Å². The molecular weight excluding hydrogens is 430 g/mol. The topological polar surface area (TPSA) is 92.1 Å². The molecule has 0 radical (unpaired) electrons. The molecule has 0 saturated carbocycles. The first-order chi connectivity index (χ1) is 16.1. The van der Waals surface area contributed by atoms with Gasteiger partial charge in [-0.05, 0) is 24.3 Å². The van der Waals surface area contributed by atoms with Crippen molar-refractivity contribution >= 4 is 34.3 Å². The molecular formula is C22H20F2N8O. The molecule has 4 aromatic rings. The van der Waals surface area contributed by atoms with Gasteiger partial charge < -0.3 is 15.1 Å². The van der Waals surface area contributed by atoms with Gasteiger partial charge in [0.05, 0.1) is 17.3 Å². The monoisotopic (exact) mass is 450 g/mol. The quantitative estimate of drug-likeness (QED) is 0.499. The van der Waals surface area contributed by atoms with Gasteiger partial charge in [-0.15, -0.1) is 0 Å². The molecule has 1 aromatic carbocycles. The van der Waals surface area contributed by atoms with Gasteiger partial charge in [0.1, 0.15) is 36.1 Å². The van der Waals surface area contributed by atoms with Crippen LogP contribution in [0.4, 0.5) is 26.1 Å². The predicted molar refractivity (Wildman–Crippen MR) is 119 cm³/mol. The molecule has 1 aliphatic heterocycles. The molecule has 0 unspecified atom stereocenters. The van der Waals surface area contributed by atoms with Gasteiger partial charge in [-0.25, -0.2) is 28.4 Å². The van der Waals surface area contributed by atoms with E-state index >= 15 is 0 Å². The number of hydrogen-bond acceptors (Lipinski definition) is 7. The van der Waals surface area contributed by atoms with E-state index in [1.165, 1.54) is 11.0 Å². The largest absolute Gasteiger partial charge is 0.353 e. The van der Waals surface area contributed by atoms with Crippen LogP contribution in [-0.2, 0) is 11.3 Å². The lowest BCUT2D eigenvalue weighted by molar-refractivity contribution is -0.116. The lowest BCUT2D eigenvalue weighted by atomic mass is 10.2. The number of nitrogens with zero attached hydrogens (tertiary/aromatic N) is 7. The van der Waals surface area contributed by atoms with Crippen molar-refractivity contribution in [1.29, 1.82) is 0 Å². The molecule has 1 saturated heterocycles. The lowest BCUT2D eigenvalue weighted by Crippen LogP contribution is -2.47. The molecule has 0 atom stereocenters. The molecule has 168 valence electrons. The highest BCUT2D eigenvalue weighted by atomic mass is 19.1. The van der Waals surface area contributed by atoms with E-state index in [0.717, 1.165) is 56.0 Å². The second-order valence-electron chi connectivity index (χ2n) is 7.57. The van der Waals surface area contributed by atoms with E-state index in [1.807, 2.05) is 18.2 Å². The summed E-state index contributed by atoms with van der Waals surface area (Å²) in [6.45, 7) is 2.86. The number of amides is 1. The molecule has 33 heavy (non-hydrogen) atoms. The Morgan fingerprint density at radius 3 is 2.61 bits per heavy atom. The normalized spacial score (nSPS) is 14.0. The third-order valence-electron chi connectivity index (χ3n) is 5.46. The highest BCUT2D eigenvalue weighted by Crippen LogP contribution is 2.25. The molecule has 0 bridgehead atoms. The van der Waals surface area contributed by atoms with Crippen LogP contribution >= 0.6 is 0 Å². The van der Waals surface area contributed by atoms with Gasteiger partial charge in [0.2, 0.25) is 5.91 Å². The zero-order valence-corrected chi connectivity index (χ0v) is 17.5. The fraction of sp³-hybridized carbons (Fsp3) is 0.227. The van der Waals surface area contributed by atoms with Gasteiger partial charge in [-0.1, -0.05) is 6.07 Å². The number of halogens is 2. The van der Waals surface area contributed by atoms with Crippen molar-refractivity contribution in [3.8, 4) is 0 Å². The number of rotatable bonds is 5. The van der Waals surface area contributed by atoms with E-state index in [0.29, 0.717) is 11.0 Å². The highest BCUT2D eigenvalue weighted by Gasteiger charge is 2.22. The predicted octanol–water partition coefficient (Wildman–Crippen LogP) is 2.46. The Balaban J connectivity index is 1.30. The minimum absolute atomic E-state index is 0.205. The van der Waals surface area contributed by atoms with Gasteiger partial charge in [0, 0.05) is 38.4 Å². The first-order valence-electron chi connectivity index (χ1n) is 10.4. The number of piperazine rings is 1. The Morgan fingerprint density at radius 2 is 1.82 bits per heavy atom. The fourth-order valence-electron chi connectivity index (χ4n) is 3.86. The summed E-state index contributed by atoms with van der Waals surface area (Å²) < 4.78 is 28.6. The molecule has 3 aromatic heterocycles. The van der Waals surface area contributed by atoms with E-state index in [1.54, 1.807) is 12.4 Å². The zero-order valence-electron chi connectivity index (χ0n) is 17.5. The van der Waals surface area contributed by atoms with Gasteiger partial charge in [0.25, 0.3) is 0 Å². The molecule has 1 amide bonds. The molecule has 4 heterocycles. The van der Waals surface area contributed by atoms with Crippen molar-refractivity contribution in [3.63, 3.8) is 0 Å². The van der Waals surface area contributed by atoms with Crippen LogP contribution in [0, 0.1) is 11.6 Å². The van der Waals surface area contributed by atoms with Crippen molar-refractivity contribution in [2.75, 3.05) is 41.3 Å². The third-order valence-corrected chi connectivity index (χ3v) is 5.46. The third kappa shape index (κ3) is 4.29. The Hall–Kier alpha value is -4.15. The van der Waals surface area contributed by atoms with E-state index in [9.17, 15) is 13.6 Å². The van der Waals surface area contributed by atoms with Crippen molar-refractivity contribution < 1.29 is 13.6 Å². The van der Waals surface area contributed by atoms with Crippen molar-refractivity contribution in [1.82, 2.24) is 24.7 Å². The number of anilines is 3. The Bertz CT molecular complexity index is 1290. The van der Waals surface area contributed by atoms with Crippen LogP contribution in [-0.4, -0.2) is 56.8 Å². The minimum Gasteiger partial charge on any atom is -0.353 e. The lowest BCUT2D eigenvalue weighted by Gasteiger charge is -2.36. The molecule has 1 N–H and O–H groups in total. The van der Waals surface area contributed by atoms with E-state index in [-0.39, 0.29) is 12.2 Å². The number of aromatic nitrogens is 5. The smallest absolute Gasteiger partial charge is 0.246 e. The van der Waals surface area contributed by atoms with Gasteiger partial charge in [0.15, 0.2) is 5.65 Å². The standard InChI is InChI=1S/C22H20F2N8O/c23-15-4-5-17(24)18(11-15)29-20(33)13-32-22-16(12-28-32)21(26-14-27-22)31-9-7-30(8-10-31)19-3-1-2-6-25-19/h1-6,11-12,14H,7-10,13H2,(H,29,33). The number of benzene rings is 1. The van der Waals surface area contributed by atoms with Crippen LogP contribution in [0.2, 0.25) is 0 Å². The Kier molecular flexibility index (Phi) is 5.51. The summed E-state index contributed by atoms with van der Waals surface area (Å²) in [6.07, 6.45) is 4.83. The Labute approximate surface area is 187 Å². The van der Waals surface area contributed by atoms with E-state index in [2.05, 4.69) is 35.2 Å². The molecule has 0 spiro atoms. The van der Waals surface area contributed by atoms with Crippen LogP contribution in [0.15, 0.2) is 55.1 Å². The van der Waals surface area contributed by atoms with Crippen molar-refractivity contribution in [2.45, 2.75) is 6.54 Å². The fourth-order valence-corrected chi connectivity index (χ4v) is 3.86. The maximum atomic E-state index is 13.8. The molecule has 5 rings (SSSR count). The molecule has 11 heteroatoms. The number of carbonyl (C=O) groups excluding carboxylic acids is 1. The summed E-state index contributed by atoms with van der Waals surface area (Å²) in [5, 5.41) is 7.36. The molecule has 1 fully saturated rings. The molecule has 9 nitrogen and oxygen atoms in total. The van der Waals surface area contributed by atoms with Crippen LogP contribution in [0.5, 0.6) is 0 Å². The van der Waals surface area contributed by atoms with Crippen LogP contribution < -0.4 is 15.1 Å². The molecule has 1 aliphatic rings. The summed E-state index contributed by atoms with van der Waals surface area (Å²) in [5.41, 5.74) is 0.263. The SMILES string of the molecule is O=C(Cn1ncc2c(N3CCN(c4ccccn4)CC3)ncnc21)Nc1cc(F)ccc1F. The summed E-state index contributed by atoms with van der Waals surface area (Å²) >= 11 is 0. The number of fused-ring (bicyclic) bond motifs is 1. The average molecular weight is 450 g/mol. The van der Waals surface area contributed by atoms with Crippen LogP contribution in [0.25, 0.3) is 11.0 Å². The number of nitrogens with one attached hydrogen (secondary N) is 1. The molecule has 0 aliphatic carbocycles. The second-order valence-corrected chi connectivity index (χ2v) is 7.57. The van der Waals surface area contributed by atoms with Gasteiger partial charge in [-0.3, -0.25) is 4.79 Å². The van der Waals surface area contributed by atoms with Crippen molar-refractivity contribution in [2.24, 2.45) is 0 Å². The first-order valence-corrected chi connectivity index (χ1v) is 10.4. The van der Waals surface area contributed by atoms with Crippen LogP contribution in [0.3, 0.4) is 0 Å². The van der Waals surface area contributed by atoms with Crippen molar-refractivity contribution in [3.05, 3.63) is 66.8 Å². The van der Waals surface area contributed by atoms with Gasteiger partial charge in [-0.2, -0.15) is 5.10 Å². The number of pyridine rings is 1. The zero-order chi connectivity index (χ0) is 22.8. The first kappa shape index (κ1) is 20.7. The number of hydrogen-bond donors (Lipinski definition) is 1. The summed E-state index contributed by atoms with van der Waals surface area (Å²) in [7, 11) is 0. The Morgan fingerprint density at radius 1 is 1.00 bits per heavy atom. The van der Waals surface area contributed by atoms with E-state index < -0.39 is 17.5 Å². The maximum Gasteiger partial charge on any atom is 0.246 e. The number of carbonyl (C=O) groups is 1. The summed E-state index contributed by atoms with van der Waals surface area (Å²) in [4.78, 5) is 29.9. The minimum atomic E-state index is -0.718. The summed E-state index contributed by atoms with van der Waals surface area (Å²) in [5.74, 6) is -0.225.